The Hall–Kier alpha value is -1.84. The number of aryl methyl sites for hydroxylation is 1. The molecule has 2 amide bonds. The Kier molecular flexibility index (Phi) is 3.60. The molecule has 2 rings (SSSR count). The Labute approximate surface area is 113 Å². The lowest BCUT2D eigenvalue weighted by Gasteiger charge is -2.43. The van der Waals surface area contributed by atoms with E-state index in [2.05, 4.69) is 11.4 Å². The van der Waals surface area contributed by atoms with Crippen molar-refractivity contribution in [2.24, 2.45) is 0 Å². The van der Waals surface area contributed by atoms with E-state index < -0.39 is 5.54 Å². The summed E-state index contributed by atoms with van der Waals surface area (Å²) in [5.41, 5.74) is 1.46. The van der Waals surface area contributed by atoms with Gasteiger partial charge < -0.3 is 10.2 Å². The van der Waals surface area contributed by atoms with E-state index in [1.54, 1.807) is 4.90 Å². The van der Waals surface area contributed by atoms with Crippen molar-refractivity contribution < 1.29 is 9.59 Å². The SMILES string of the molecule is CCC1(C)C(=O)NCC(=O)N1Cc1cccc(C)c1. The number of nitrogens with zero attached hydrogens (tertiary/aromatic N) is 1. The molecule has 1 unspecified atom stereocenters. The second-order valence-corrected chi connectivity index (χ2v) is 5.28. The van der Waals surface area contributed by atoms with Gasteiger partial charge in [-0.05, 0) is 25.8 Å². The maximum atomic E-state index is 12.1. The molecule has 1 aliphatic heterocycles. The number of carbonyl (C=O) groups is 2. The van der Waals surface area contributed by atoms with Gasteiger partial charge in [-0.2, -0.15) is 0 Å². The summed E-state index contributed by atoms with van der Waals surface area (Å²) in [5, 5.41) is 2.67. The van der Waals surface area contributed by atoms with Gasteiger partial charge >= 0.3 is 0 Å². The van der Waals surface area contributed by atoms with Crippen molar-refractivity contribution in [1.29, 1.82) is 0 Å². The first kappa shape index (κ1) is 13.6. The molecule has 102 valence electrons. The van der Waals surface area contributed by atoms with Gasteiger partial charge in [0, 0.05) is 6.54 Å². The third-order valence-corrected chi connectivity index (χ3v) is 3.90. The second kappa shape index (κ2) is 5.03. The van der Waals surface area contributed by atoms with E-state index in [4.69, 9.17) is 0 Å². The number of benzene rings is 1. The van der Waals surface area contributed by atoms with Gasteiger partial charge in [-0.1, -0.05) is 36.8 Å². The van der Waals surface area contributed by atoms with Crippen LogP contribution in [0, 0.1) is 6.92 Å². The summed E-state index contributed by atoms with van der Waals surface area (Å²) in [6, 6.07) is 8.04. The Morgan fingerprint density at radius 2 is 2.11 bits per heavy atom. The van der Waals surface area contributed by atoms with Gasteiger partial charge in [-0.3, -0.25) is 9.59 Å². The Balaban J connectivity index is 2.29. The zero-order chi connectivity index (χ0) is 14.0. The van der Waals surface area contributed by atoms with Crippen molar-refractivity contribution >= 4 is 11.8 Å². The number of carbonyl (C=O) groups excluding carboxylic acids is 2. The fourth-order valence-corrected chi connectivity index (χ4v) is 2.45. The maximum absolute atomic E-state index is 12.1. The van der Waals surface area contributed by atoms with Crippen LogP contribution in [0.5, 0.6) is 0 Å². The minimum atomic E-state index is -0.751. The number of hydrogen-bond acceptors (Lipinski definition) is 2. The van der Waals surface area contributed by atoms with Crippen LogP contribution in [-0.2, 0) is 16.1 Å². The van der Waals surface area contributed by atoms with Crippen LogP contribution in [0.1, 0.15) is 31.4 Å². The van der Waals surface area contributed by atoms with Gasteiger partial charge in [0.1, 0.15) is 5.54 Å². The summed E-state index contributed by atoms with van der Waals surface area (Å²) < 4.78 is 0. The molecule has 4 heteroatoms. The fraction of sp³-hybridized carbons (Fsp3) is 0.467. The maximum Gasteiger partial charge on any atom is 0.246 e. The van der Waals surface area contributed by atoms with Gasteiger partial charge in [-0.15, -0.1) is 0 Å². The summed E-state index contributed by atoms with van der Waals surface area (Å²) in [7, 11) is 0. The van der Waals surface area contributed by atoms with Crippen LogP contribution in [0.25, 0.3) is 0 Å². The van der Waals surface area contributed by atoms with Crippen LogP contribution in [0.2, 0.25) is 0 Å². The molecule has 1 saturated heterocycles. The van der Waals surface area contributed by atoms with Crippen LogP contribution < -0.4 is 5.32 Å². The molecule has 0 spiro atoms. The van der Waals surface area contributed by atoms with Crippen LogP contribution in [-0.4, -0.2) is 28.8 Å². The van der Waals surface area contributed by atoms with E-state index in [1.807, 2.05) is 39.0 Å². The number of nitrogens with one attached hydrogen (secondary N) is 1. The molecular formula is C15H20N2O2. The number of hydrogen-bond donors (Lipinski definition) is 1. The van der Waals surface area contributed by atoms with Gasteiger partial charge in [-0.25, -0.2) is 0 Å². The van der Waals surface area contributed by atoms with Crippen molar-refractivity contribution in [2.45, 2.75) is 39.3 Å². The summed E-state index contributed by atoms with van der Waals surface area (Å²) >= 11 is 0. The first-order chi connectivity index (χ1) is 8.97. The lowest BCUT2D eigenvalue weighted by Crippen LogP contribution is -2.65. The minimum Gasteiger partial charge on any atom is -0.345 e. The smallest absolute Gasteiger partial charge is 0.246 e. The topological polar surface area (TPSA) is 49.4 Å². The normalized spacial score (nSPS) is 23.4. The first-order valence-electron chi connectivity index (χ1n) is 6.61. The molecule has 4 nitrogen and oxygen atoms in total. The molecular weight excluding hydrogens is 240 g/mol. The number of amides is 2. The van der Waals surface area contributed by atoms with Crippen molar-refractivity contribution in [3.05, 3.63) is 35.4 Å². The predicted octanol–water partition coefficient (Wildman–Crippen LogP) is 1.62. The molecule has 0 aliphatic carbocycles. The average Bonchev–Trinajstić information content (AvgIpc) is 2.39. The highest BCUT2D eigenvalue weighted by molar-refractivity contribution is 5.97. The number of piperazine rings is 1. The third kappa shape index (κ3) is 2.48. The fourth-order valence-electron chi connectivity index (χ4n) is 2.45. The molecule has 1 aliphatic rings. The van der Waals surface area contributed by atoms with Crippen LogP contribution in [0.4, 0.5) is 0 Å². The molecule has 0 bridgehead atoms. The largest absolute Gasteiger partial charge is 0.345 e. The van der Waals surface area contributed by atoms with Crippen LogP contribution in [0.3, 0.4) is 0 Å². The molecule has 1 heterocycles. The van der Waals surface area contributed by atoms with Crippen LogP contribution in [0.15, 0.2) is 24.3 Å². The van der Waals surface area contributed by atoms with E-state index in [1.165, 1.54) is 0 Å². The van der Waals surface area contributed by atoms with E-state index in [0.717, 1.165) is 11.1 Å². The van der Waals surface area contributed by atoms with E-state index in [-0.39, 0.29) is 18.4 Å². The standard InChI is InChI=1S/C15H20N2O2/c1-4-15(3)14(19)16-9-13(18)17(15)10-12-7-5-6-11(2)8-12/h5-8H,4,9-10H2,1-3H3,(H,16,19). The second-order valence-electron chi connectivity index (χ2n) is 5.28. The van der Waals surface area contributed by atoms with Gasteiger partial charge in [0.25, 0.3) is 0 Å². The van der Waals surface area contributed by atoms with Crippen molar-refractivity contribution in [1.82, 2.24) is 10.2 Å². The lowest BCUT2D eigenvalue weighted by molar-refractivity contribution is -0.153. The summed E-state index contributed by atoms with van der Waals surface area (Å²) in [6.45, 7) is 6.36. The van der Waals surface area contributed by atoms with Crippen molar-refractivity contribution in [3.63, 3.8) is 0 Å². The van der Waals surface area contributed by atoms with Crippen LogP contribution >= 0.6 is 0 Å². The monoisotopic (exact) mass is 260 g/mol. The quantitative estimate of drug-likeness (QED) is 0.898. The molecule has 0 aromatic heterocycles. The van der Waals surface area contributed by atoms with Crippen molar-refractivity contribution in [3.8, 4) is 0 Å². The van der Waals surface area contributed by atoms with Gasteiger partial charge in [0.05, 0.1) is 6.54 Å². The highest BCUT2D eigenvalue weighted by atomic mass is 16.2. The third-order valence-electron chi connectivity index (χ3n) is 3.90. The summed E-state index contributed by atoms with van der Waals surface area (Å²) in [6.07, 6.45) is 0.608. The molecule has 19 heavy (non-hydrogen) atoms. The molecule has 1 N–H and O–H groups in total. The lowest BCUT2D eigenvalue weighted by atomic mass is 9.92. The summed E-state index contributed by atoms with van der Waals surface area (Å²) in [5.74, 6) is -0.0901. The summed E-state index contributed by atoms with van der Waals surface area (Å²) in [4.78, 5) is 25.9. The average molecular weight is 260 g/mol. The molecule has 1 atom stereocenters. The van der Waals surface area contributed by atoms with E-state index in [9.17, 15) is 9.59 Å². The number of rotatable bonds is 3. The first-order valence-corrected chi connectivity index (χ1v) is 6.61. The Morgan fingerprint density at radius 3 is 2.74 bits per heavy atom. The predicted molar refractivity (Wildman–Crippen MR) is 73.4 cm³/mol. The van der Waals surface area contributed by atoms with E-state index in [0.29, 0.717) is 13.0 Å². The van der Waals surface area contributed by atoms with Gasteiger partial charge in [0.2, 0.25) is 11.8 Å². The van der Waals surface area contributed by atoms with E-state index >= 15 is 0 Å². The zero-order valence-electron chi connectivity index (χ0n) is 11.7. The molecule has 1 aromatic rings. The Bertz CT molecular complexity index is 513. The minimum absolute atomic E-state index is 0.0227. The molecule has 1 aromatic carbocycles. The highest BCUT2D eigenvalue weighted by Crippen LogP contribution is 2.25. The highest BCUT2D eigenvalue weighted by Gasteiger charge is 2.43. The zero-order valence-corrected chi connectivity index (χ0v) is 11.7. The molecule has 0 radical (unpaired) electrons. The van der Waals surface area contributed by atoms with Gasteiger partial charge in [0.15, 0.2) is 0 Å². The Morgan fingerprint density at radius 1 is 1.37 bits per heavy atom. The van der Waals surface area contributed by atoms with Crippen molar-refractivity contribution in [2.75, 3.05) is 6.54 Å². The molecule has 1 fully saturated rings. The molecule has 0 saturated carbocycles.